The van der Waals surface area contributed by atoms with Crippen molar-refractivity contribution in [1.82, 2.24) is 14.7 Å². The molecule has 1 spiro atoms. The molecule has 2 bridgehead atoms. The van der Waals surface area contributed by atoms with Gasteiger partial charge in [0.25, 0.3) is 0 Å². The summed E-state index contributed by atoms with van der Waals surface area (Å²) in [6, 6.07) is 7.81. The van der Waals surface area contributed by atoms with Gasteiger partial charge in [-0.1, -0.05) is 42.5 Å². The summed E-state index contributed by atoms with van der Waals surface area (Å²) in [5.41, 5.74) is 0.755. The van der Waals surface area contributed by atoms with Crippen LogP contribution in [-0.4, -0.2) is 113 Å². The van der Waals surface area contributed by atoms with E-state index in [4.69, 9.17) is 9.47 Å². The second-order valence-corrected chi connectivity index (χ2v) is 12.8. The average molecular weight is 584 g/mol. The topological polar surface area (TPSA) is 99.6 Å². The second-order valence-electron chi connectivity index (χ2n) is 11.2. The highest BCUT2D eigenvalue weighted by atomic mass is 32.2. The number of fused-ring (bicyclic) bond motifs is 1. The van der Waals surface area contributed by atoms with E-state index in [-0.39, 0.29) is 36.2 Å². The fourth-order valence-electron chi connectivity index (χ4n) is 7.05. The Hall–Kier alpha value is -2.66. The summed E-state index contributed by atoms with van der Waals surface area (Å²) in [6.45, 7) is 12.0. The first-order chi connectivity index (χ1) is 20.0. The van der Waals surface area contributed by atoms with Crippen LogP contribution in [-0.2, 0) is 23.9 Å². The molecule has 2 amide bonds. The molecule has 41 heavy (non-hydrogen) atoms. The number of hydrogen-bond donors (Lipinski definition) is 1. The Labute approximate surface area is 246 Å². The van der Waals surface area contributed by atoms with Crippen molar-refractivity contribution in [3.8, 4) is 0 Å². The smallest absolute Gasteiger partial charge is 0.310 e. The highest BCUT2D eigenvalue weighted by molar-refractivity contribution is 8.02. The van der Waals surface area contributed by atoms with Gasteiger partial charge in [0.15, 0.2) is 0 Å². The number of aliphatic hydroxyl groups is 1. The molecular weight excluding hydrogens is 542 g/mol. The van der Waals surface area contributed by atoms with E-state index in [9.17, 15) is 19.5 Å². The van der Waals surface area contributed by atoms with E-state index in [1.165, 1.54) is 0 Å². The molecule has 222 valence electrons. The maximum absolute atomic E-state index is 14.6. The summed E-state index contributed by atoms with van der Waals surface area (Å²) in [5.74, 6) is -2.09. The van der Waals surface area contributed by atoms with Crippen LogP contribution in [0.15, 0.2) is 55.6 Å². The quantitative estimate of drug-likeness (QED) is 0.215. The molecule has 4 saturated heterocycles. The molecule has 4 aliphatic rings. The monoisotopic (exact) mass is 583 g/mol. The zero-order valence-corrected chi connectivity index (χ0v) is 24.4. The Morgan fingerprint density at radius 3 is 2.66 bits per heavy atom. The van der Waals surface area contributed by atoms with Crippen molar-refractivity contribution in [2.45, 2.75) is 41.3 Å². The van der Waals surface area contributed by atoms with Gasteiger partial charge in [-0.25, -0.2) is 0 Å². The Bertz CT molecular complexity index is 1130. The molecule has 1 N–H and O–H groups in total. The second kappa shape index (κ2) is 13.1. The lowest BCUT2D eigenvalue weighted by Crippen LogP contribution is -2.56. The van der Waals surface area contributed by atoms with Crippen molar-refractivity contribution in [3.05, 3.63) is 61.2 Å². The SMILES string of the molecule is C=CCCOC(=O)[C@@H]1[C@@H]2CCC3(S2)C(C(=O)N(CC=C)CCN2CCOCC2)N([C@H](CO)c2ccccc2)C(=O)[C@H]13. The number of benzene rings is 1. The third kappa shape index (κ3) is 5.59. The molecule has 2 unspecified atom stereocenters. The number of carbonyl (C=O) groups is 3. The molecule has 9 nitrogen and oxygen atoms in total. The first-order valence-corrected chi connectivity index (χ1v) is 15.5. The summed E-state index contributed by atoms with van der Waals surface area (Å²) in [5, 5.41) is 10.6. The van der Waals surface area contributed by atoms with Gasteiger partial charge in [-0.2, -0.15) is 0 Å². The molecule has 4 heterocycles. The van der Waals surface area contributed by atoms with E-state index in [1.807, 2.05) is 30.3 Å². The van der Waals surface area contributed by atoms with Crippen molar-refractivity contribution in [2.24, 2.45) is 11.8 Å². The van der Waals surface area contributed by atoms with Crippen LogP contribution in [0.1, 0.15) is 30.9 Å². The summed E-state index contributed by atoms with van der Waals surface area (Å²) in [7, 11) is 0. The summed E-state index contributed by atoms with van der Waals surface area (Å²) in [6.07, 6.45) is 5.33. The predicted octanol–water partition coefficient (Wildman–Crippen LogP) is 2.28. The number of nitrogens with zero attached hydrogens (tertiary/aromatic N) is 3. The van der Waals surface area contributed by atoms with Crippen molar-refractivity contribution in [3.63, 3.8) is 0 Å². The molecule has 6 atom stereocenters. The molecule has 0 radical (unpaired) electrons. The highest BCUT2D eigenvalue weighted by Gasteiger charge is 2.74. The number of likely N-dealkylation sites (tertiary alicyclic amines) is 1. The molecule has 4 aliphatic heterocycles. The van der Waals surface area contributed by atoms with Gasteiger partial charge in [0.05, 0.1) is 49.1 Å². The number of rotatable bonds is 13. The van der Waals surface area contributed by atoms with Crippen LogP contribution in [0, 0.1) is 11.8 Å². The van der Waals surface area contributed by atoms with Crippen molar-refractivity contribution in [2.75, 3.05) is 59.2 Å². The summed E-state index contributed by atoms with van der Waals surface area (Å²) < 4.78 is 10.3. The average Bonchev–Trinajstić information content (AvgIpc) is 3.64. The number of thioether (sulfide) groups is 1. The van der Waals surface area contributed by atoms with Gasteiger partial charge < -0.3 is 24.4 Å². The predicted molar refractivity (Wildman–Crippen MR) is 157 cm³/mol. The minimum absolute atomic E-state index is 0.0804. The number of esters is 1. The van der Waals surface area contributed by atoms with Gasteiger partial charge in [0, 0.05) is 38.0 Å². The third-order valence-electron chi connectivity index (χ3n) is 8.95. The maximum Gasteiger partial charge on any atom is 0.310 e. The molecule has 1 aromatic carbocycles. The van der Waals surface area contributed by atoms with E-state index < -0.39 is 28.7 Å². The van der Waals surface area contributed by atoms with E-state index in [1.54, 1.807) is 33.7 Å². The van der Waals surface area contributed by atoms with Crippen molar-refractivity contribution >= 4 is 29.5 Å². The van der Waals surface area contributed by atoms with Crippen LogP contribution in [0.5, 0.6) is 0 Å². The standard InChI is InChI=1S/C31H41N3O6S/c1-3-5-18-40-30(38)25-24-11-12-31(41-24)26(25)28(36)34(23(21-35)22-9-7-6-8-10-22)27(31)29(37)33(13-4-2)15-14-32-16-19-39-20-17-32/h3-4,6-10,23-27,35H,1-2,5,11-21H2/t23-,24+,25-,26+,27?,31?/m1/s1. The molecule has 5 rings (SSSR count). The van der Waals surface area contributed by atoms with Crippen LogP contribution in [0.3, 0.4) is 0 Å². The van der Waals surface area contributed by atoms with Crippen LogP contribution in [0.2, 0.25) is 0 Å². The summed E-state index contributed by atoms with van der Waals surface area (Å²) >= 11 is 1.61. The lowest BCUT2D eigenvalue weighted by molar-refractivity contribution is -0.154. The largest absolute Gasteiger partial charge is 0.465 e. The molecular formula is C31H41N3O6S. The fourth-order valence-corrected chi connectivity index (χ4v) is 9.24. The van der Waals surface area contributed by atoms with E-state index in [2.05, 4.69) is 18.1 Å². The summed E-state index contributed by atoms with van der Waals surface area (Å²) in [4.78, 5) is 48.2. The van der Waals surface area contributed by atoms with Gasteiger partial charge in [-0.15, -0.1) is 24.9 Å². The molecule has 10 heteroatoms. The highest BCUT2D eigenvalue weighted by Crippen LogP contribution is 2.67. The normalized spacial score (nSPS) is 29.7. The van der Waals surface area contributed by atoms with Gasteiger partial charge in [-0.05, 0) is 24.8 Å². The molecule has 0 aromatic heterocycles. The molecule has 1 aromatic rings. The third-order valence-corrected chi connectivity index (χ3v) is 10.9. The fraction of sp³-hybridized carbons (Fsp3) is 0.581. The van der Waals surface area contributed by atoms with Crippen molar-refractivity contribution in [1.29, 1.82) is 0 Å². The Morgan fingerprint density at radius 2 is 1.98 bits per heavy atom. The number of ether oxygens (including phenoxy) is 2. The van der Waals surface area contributed by atoms with Crippen LogP contribution < -0.4 is 0 Å². The minimum atomic E-state index is -0.817. The van der Waals surface area contributed by atoms with E-state index >= 15 is 0 Å². The minimum Gasteiger partial charge on any atom is -0.465 e. The first kappa shape index (κ1) is 29.8. The van der Waals surface area contributed by atoms with E-state index in [0.717, 1.165) is 25.1 Å². The Kier molecular flexibility index (Phi) is 9.53. The van der Waals surface area contributed by atoms with Gasteiger partial charge in [0.2, 0.25) is 11.8 Å². The van der Waals surface area contributed by atoms with E-state index in [0.29, 0.717) is 45.7 Å². The number of aliphatic hydroxyl groups excluding tert-OH is 1. The number of hydrogen-bond acceptors (Lipinski definition) is 8. The van der Waals surface area contributed by atoms with Crippen LogP contribution >= 0.6 is 11.8 Å². The van der Waals surface area contributed by atoms with Gasteiger partial charge in [0.1, 0.15) is 6.04 Å². The van der Waals surface area contributed by atoms with Crippen LogP contribution in [0.25, 0.3) is 0 Å². The van der Waals surface area contributed by atoms with Gasteiger partial charge in [-0.3, -0.25) is 19.3 Å². The Balaban J connectivity index is 1.50. The Morgan fingerprint density at radius 1 is 1.22 bits per heavy atom. The lowest BCUT2D eigenvalue weighted by atomic mass is 9.71. The molecule has 0 aliphatic carbocycles. The molecule has 4 fully saturated rings. The first-order valence-electron chi connectivity index (χ1n) is 14.6. The number of amides is 2. The van der Waals surface area contributed by atoms with Gasteiger partial charge >= 0.3 is 5.97 Å². The zero-order chi connectivity index (χ0) is 29.0. The lowest BCUT2D eigenvalue weighted by Gasteiger charge is -2.40. The zero-order valence-electron chi connectivity index (χ0n) is 23.6. The maximum atomic E-state index is 14.6. The van der Waals surface area contributed by atoms with Crippen molar-refractivity contribution < 1.29 is 29.0 Å². The molecule has 0 saturated carbocycles. The number of carbonyl (C=O) groups excluding carboxylic acids is 3. The van der Waals surface area contributed by atoms with Crippen LogP contribution in [0.4, 0.5) is 0 Å². The number of morpholine rings is 1.